The number of hydrogen-bond acceptors (Lipinski definition) is 1. The molecule has 0 aromatic heterocycles. The molecule has 0 amide bonds. The van der Waals surface area contributed by atoms with Gasteiger partial charge in [-0.15, -0.1) is 0 Å². The Morgan fingerprint density at radius 1 is 1.33 bits per heavy atom. The lowest BCUT2D eigenvalue weighted by Gasteiger charge is -2.28. The molecule has 0 N–H and O–H groups in total. The van der Waals surface area contributed by atoms with E-state index in [9.17, 15) is 4.39 Å². The standard InChI is InChI=1S/C11H13FO.C2H6/c1-8-3-4-10-9(7-8)5-6-11(2,12)13-10;1-2/h3-4,7H,5-6H2,1-2H3;1-2H3. The fourth-order valence-corrected chi connectivity index (χ4v) is 1.64. The van der Waals surface area contributed by atoms with E-state index < -0.39 is 5.85 Å². The van der Waals surface area contributed by atoms with Crippen molar-refractivity contribution >= 4 is 0 Å². The summed E-state index contributed by atoms with van der Waals surface area (Å²) in [7, 11) is 0. The van der Waals surface area contributed by atoms with Crippen LogP contribution in [0.4, 0.5) is 4.39 Å². The molecule has 1 heterocycles. The van der Waals surface area contributed by atoms with Gasteiger partial charge in [0, 0.05) is 13.3 Å². The Morgan fingerprint density at radius 3 is 2.67 bits per heavy atom. The number of rotatable bonds is 0. The number of halogens is 1. The van der Waals surface area contributed by atoms with Crippen LogP contribution in [0.25, 0.3) is 0 Å². The number of ether oxygens (including phenoxy) is 1. The fraction of sp³-hybridized carbons (Fsp3) is 0.538. The Kier molecular flexibility index (Phi) is 3.72. The van der Waals surface area contributed by atoms with Gasteiger partial charge in [-0.2, -0.15) is 4.39 Å². The van der Waals surface area contributed by atoms with Crippen LogP contribution in [0.2, 0.25) is 0 Å². The van der Waals surface area contributed by atoms with Crippen molar-refractivity contribution in [2.45, 2.75) is 46.4 Å². The zero-order valence-electron chi connectivity index (χ0n) is 9.93. The Hall–Kier alpha value is -1.05. The highest BCUT2D eigenvalue weighted by Gasteiger charge is 2.30. The van der Waals surface area contributed by atoms with Gasteiger partial charge < -0.3 is 4.74 Å². The first-order valence-corrected chi connectivity index (χ1v) is 5.54. The maximum absolute atomic E-state index is 13.4. The minimum Gasteiger partial charge on any atom is -0.458 e. The lowest BCUT2D eigenvalue weighted by Crippen LogP contribution is -2.30. The molecule has 1 aliphatic rings. The summed E-state index contributed by atoms with van der Waals surface area (Å²) in [5, 5.41) is 0. The van der Waals surface area contributed by atoms with Crippen LogP contribution in [0.1, 0.15) is 38.3 Å². The third-order valence-electron chi connectivity index (χ3n) is 2.38. The second kappa shape index (κ2) is 4.65. The Morgan fingerprint density at radius 2 is 2.00 bits per heavy atom. The SMILES string of the molecule is CC.Cc1ccc2c(c1)CCC(C)(F)O2. The first-order valence-electron chi connectivity index (χ1n) is 5.54. The van der Waals surface area contributed by atoms with Gasteiger partial charge in [0.05, 0.1) is 0 Å². The first-order chi connectivity index (χ1) is 7.07. The maximum atomic E-state index is 13.4. The van der Waals surface area contributed by atoms with Crippen LogP contribution in [0.15, 0.2) is 18.2 Å². The second-order valence-corrected chi connectivity index (χ2v) is 3.82. The van der Waals surface area contributed by atoms with Crippen molar-refractivity contribution in [3.63, 3.8) is 0 Å². The molecule has 1 aromatic carbocycles. The van der Waals surface area contributed by atoms with E-state index in [0.717, 1.165) is 12.0 Å². The summed E-state index contributed by atoms with van der Waals surface area (Å²) in [5.74, 6) is -0.788. The summed E-state index contributed by atoms with van der Waals surface area (Å²) in [6, 6.07) is 5.85. The second-order valence-electron chi connectivity index (χ2n) is 3.82. The van der Waals surface area contributed by atoms with E-state index in [1.807, 2.05) is 32.9 Å². The van der Waals surface area contributed by atoms with Crippen LogP contribution in [-0.2, 0) is 6.42 Å². The van der Waals surface area contributed by atoms with Crippen LogP contribution < -0.4 is 4.74 Å². The third kappa shape index (κ3) is 2.95. The number of alkyl halides is 1. The monoisotopic (exact) mass is 210 g/mol. The van der Waals surface area contributed by atoms with Crippen LogP contribution >= 0.6 is 0 Å². The molecule has 2 heteroatoms. The van der Waals surface area contributed by atoms with Crippen molar-refractivity contribution in [1.82, 2.24) is 0 Å². The van der Waals surface area contributed by atoms with Crippen molar-refractivity contribution in [2.75, 3.05) is 0 Å². The first kappa shape index (κ1) is 12.0. The molecule has 2 rings (SSSR count). The molecule has 0 spiro atoms. The van der Waals surface area contributed by atoms with Gasteiger partial charge in [-0.25, -0.2) is 0 Å². The molecular formula is C13H19FO. The van der Waals surface area contributed by atoms with Crippen LogP contribution in [0, 0.1) is 6.92 Å². The van der Waals surface area contributed by atoms with Crippen LogP contribution in [0.5, 0.6) is 5.75 Å². The van der Waals surface area contributed by atoms with E-state index in [0.29, 0.717) is 12.2 Å². The van der Waals surface area contributed by atoms with Crippen LogP contribution in [0.3, 0.4) is 0 Å². The van der Waals surface area contributed by atoms with E-state index in [-0.39, 0.29) is 0 Å². The van der Waals surface area contributed by atoms with Gasteiger partial charge in [-0.1, -0.05) is 31.5 Å². The van der Waals surface area contributed by atoms with Gasteiger partial charge in [0.1, 0.15) is 5.75 Å². The summed E-state index contributed by atoms with van der Waals surface area (Å²) in [4.78, 5) is 0. The molecule has 1 aromatic rings. The molecule has 0 saturated carbocycles. The van der Waals surface area contributed by atoms with E-state index in [2.05, 4.69) is 6.07 Å². The Labute approximate surface area is 91.3 Å². The molecular weight excluding hydrogens is 191 g/mol. The highest BCUT2D eigenvalue weighted by molar-refractivity contribution is 5.38. The molecule has 0 radical (unpaired) electrons. The molecule has 1 atom stereocenters. The normalized spacial score (nSPS) is 23.3. The van der Waals surface area contributed by atoms with Gasteiger partial charge in [-0.05, 0) is 25.0 Å². The van der Waals surface area contributed by atoms with E-state index >= 15 is 0 Å². The van der Waals surface area contributed by atoms with Gasteiger partial charge in [-0.3, -0.25) is 0 Å². The lowest BCUT2D eigenvalue weighted by molar-refractivity contribution is -0.0606. The highest BCUT2D eigenvalue weighted by atomic mass is 19.2. The lowest BCUT2D eigenvalue weighted by atomic mass is 10.00. The predicted molar refractivity (Wildman–Crippen MR) is 61.0 cm³/mol. The van der Waals surface area contributed by atoms with Crippen molar-refractivity contribution in [2.24, 2.45) is 0 Å². The van der Waals surface area contributed by atoms with Gasteiger partial charge in [0.25, 0.3) is 0 Å². The number of hydrogen-bond donors (Lipinski definition) is 0. The molecule has 1 nitrogen and oxygen atoms in total. The third-order valence-corrected chi connectivity index (χ3v) is 2.38. The molecule has 1 aliphatic heterocycles. The van der Waals surface area contributed by atoms with Crippen molar-refractivity contribution < 1.29 is 9.13 Å². The minimum atomic E-state index is -1.48. The molecule has 0 bridgehead atoms. The molecule has 15 heavy (non-hydrogen) atoms. The highest BCUT2D eigenvalue weighted by Crippen LogP contribution is 2.34. The van der Waals surface area contributed by atoms with Crippen molar-refractivity contribution in [3.8, 4) is 5.75 Å². The zero-order chi connectivity index (χ0) is 11.5. The number of fused-ring (bicyclic) bond motifs is 1. The summed E-state index contributed by atoms with van der Waals surface area (Å²) in [5.41, 5.74) is 2.32. The number of benzene rings is 1. The van der Waals surface area contributed by atoms with Gasteiger partial charge in [0.2, 0.25) is 5.85 Å². The largest absolute Gasteiger partial charge is 0.458 e. The summed E-state index contributed by atoms with van der Waals surface area (Å²) < 4.78 is 18.6. The molecule has 1 unspecified atom stereocenters. The fourth-order valence-electron chi connectivity index (χ4n) is 1.64. The van der Waals surface area contributed by atoms with E-state index in [4.69, 9.17) is 4.74 Å². The van der Waals surface area contributed by atoms with E-state index in [1.54, 1.807) is 0 Å². The topological polar surface area (TPSA) is 9.23 Å². The van der Waals surface area contributed by atoms with Crippen molar-refractivity contribution in [1.29, 1.82) is 0 Å². The van der Waals surface area contributed by atoms with Gasteiger partial charge >= 0.3 is 0 Å². The summed E-state index contributed by atoms with van der Waals surface area (Å²) >= 11 is 0. The average Bonchev–Trinajstić information content (AvgIpc) is 2.21. The number of aryl methyl sites for hydroxylation is 2. The zero-order valence-corrected chi connectivity index (χ0v) is 9.93. The van der Waals surface area contributed by atoms with E-state index in [1.165, 1.54) is 12.5 Å². The van der Waals surface area contributed by atoms with Crippen molar-refractivity contribution in [3.05, 3.63) is 29.3 Å². The molecule has 0 aliphatic carbocycles. The maximum Gasteiger partial charge on any atom is 0.245 e. The Bertz CT molecular complexity index is 331. The summed E-state index contributed by atoms with van der Waals surface area (Å²) in [6.07, 6.45) is 1.22. The molecule has 84 valence electrons. The average molecular weight is 210 g/mol. The predicted octanol–water partition coefficient (Wildman–Crippen LogP) is 4.03. The summed E-state index contributed by atoms with van der Waals surface area (Å²) in [6.45, 7) is 7.51. The minimum absolute atomic E-state index is 0.448. The molecule has 0 fully saturated rings. The smallest absolute Gasteiger partial charge is 0.245 e. The molecule has 0 saturated heterocycles. The quantitative estimate of drug-likeness (QED) is 0.628. The van der Waals surface area contributed by atoms with Crippen LogP contribution in [-0.4, -0.2) is 5.85 Å². The Balaban J connectivity index is 0.000000531. The van der Waals surface area contributed by atoms with Gasteiger partial charge in [0.15, 0.2) is 0 Å².